The van der Waals surface area contributed by atoms with E-state index < -0.39 is 17.6 Å². The number of alkyl halides is 3. The quantitative estimate of drug-likeness (QED) is 0.789. The van der Waals surface area contributed by atoms with Gasteiger partial charge >= 0.3 is 6.18 Å². The molecule has 0 aliphatic heterocycles. The highest BCUT2D eigenvalue weighted by Crippen LogP contribution is 2.35. The first-order chi connectivity index (χ1) is 8.04. The number of rotatable bonds is 2. The third-order valence-electron chi connectivity index (χ3n) is 2.25. The number of hydrogen-bond donors (Lipinski definition) is 2. The Morgan fingerprint density at radius 3 is 2.35 bits per heavy atom. The van der Waals surface area contributed by atoms with E-state index in [4.69, 9.17) is 0 Å². The van der Waals surface area contributed by atoms with Crippen molar-refractivity contribution >= 4 is 5.69 Å². The van der Waals surface area contributed by atoms with E-state index >= 15 is 0 Å². The highest BCUT2D eigenvalue weighted by Gasteiger charge is 2.39. The maximum absolute atomic E-state index is 12.5. The first-order valence-corrected chi connectivity index (χ1v) is 4.70. The van der Waals surface area contributed by atoms with Crippen LogP contribution in [0.1, 0.15) is 5.69 Å². The van der Waals surface area contributed by atoms with Gasteiger partial charge in [0.25, 0.3) is 0 Å². The number of hydrogen-bond acceptors (Lipinski definition) is 2. The predicted octanol–water partition coefficient (Wildman–Crippen LogP) is 1.79. The fourth-order valence-electron chi connectivity index (χ4n) is 1.50. The Bertz CT molecular complexity index is 507. The number of nitrogens with zero attached hydrogens (tertiary/aromatic N) is 1. The lowest BCUT2D eigenvalue weighted by Crippen LogP contribution is -2.71. The van der Waals surface area contributed by atoms with Crippen LogP contribution >= 0.6 is 0 Å². The maximum Gasteiger partial charge on any atom is 0.438 e. The summed E-state index contributed by atoms with van der Waals surface area (Å²) in [6.45, 7) is 0. The van der Waals surface area contributed by atoms with Crippen molar-refractivity contribution in [3.8, 4) is 11.3 Å². The van der Waals surface area contributed by atoms with Crippen molar-refractivity contribution in [1.82, 2.24) is 10.2 Å². The molecule has 2 rings (SSSR count). The molecule has 0 saturated heterocycles. The Labute approximate surface area is 94.0 Å². The number of nitrogens with one attached hydrogen (secondary N) is 1. The molecular formula is C10H8F3N3O. The molecule has 0 unspecified atom stereocenters. The van der Waals surface area contributed by atoms with E-state index in [1.807, 2.05) is 5.10 Å². The Morgan fingerprint density at radius 1 is 1.18 bits per heavy atom. The van der Waals surface area contributed by atoms with Crippen molar-refractivity contribution in [2.24, 2.45) is 0 Å². The Balaban J connectivity index is 2.54. The minimum atomic E-state index is -4.61. The van der Waals surface area contributed by atoms with Crippen molar-refractivity contribution in [1.29, 1.82) is 0 Å². The third kappa shape index (κ3) is 2.15. The number of H-pyrrole nitrogens is 1. The van der Waals surface area contributed by atoms with Crippen molar-refractivity contribution in [3.63, 3.8) is 0 Å². The number of nitrogens with two attached hydrogens (primary N) is 1. The van der Waals surface area contributed by atoms with Crippen LogP contribution in [0.25, 0.3) is 11.3 Å². The number of aromatic nitrogens is 2. The second-order valence-electron chi connectivity index (χ2n) is 3.34. The minimum Gasteiger partial charge on any atom is -0.630 e. The second kappa shape index (κ2) is 4.19. The topological polar surface area (TPSA) is 68.3 Å². The molecule has 4 nitrogen and oxygen atoms in total. The molecular weight excluding hydrogens is 235 g/mol. The third-order valence-corrected chi connectivity index (χ3v) is 2.25. The van der Waals surface area contributed by atoms with Gasteiger partial charge in [-0.15, -0.1) is 0 Å². The lowest BCUT2D eigenvalue weighted by Gasteiger charge is -2.07. The molecule has 90 valence electrons. The highest BCUT2D eigenvalue weighted by atomic mass is 19.4. The molecule has 7 heteroatoms. The summed E-state index contributed by atoms with van der Waals surface area (Å²) < 4.78 is 37.6. The van der Waals surface area contributed by atoms with E-state index in [2.05, 4.69) is 5.10 Å². The molecule has 0 radical (unpaired) electrons. The maximum atomic E-state index is 12.5. The average Bonchev–Trinajstić information content (AvgIpc) is 2.73. The van der Waals surface area contributed by atoms with Gasteiger partial charge in [0, 0.05) is 5.56 Å². The van der Waals surface area contributed by atoms with Gasteiger partial charge in [-0.3, -0.25) is 5.10 Å². The first-order valence-electron chi connectivity index (χ1n) is 4.70. The normalized spacial score (nSPS) is 11.8. The summed E-state index contributed by atoms with van der Waals surface area (Å²) in [5.74, 6) is 0. The highest BCUT2D eigenvalue weighted by molar-refractivity contribution is 5.70. The van der Waals surface area contributed by atoms with Crippen LogP contribution in [0.4, 0.5) is 18.9 Å². The number of benzene rings is 1. The van der Waals surface area contributed by atoms with Crippen molar-refractivity contribution in [3.05, 3.63) is 41.2 Å². The zero-order chi connectivity index (χ0) is 12.5. The molecule has 0 aliphatic carbocycles. The van der Waals surface area contributed by atoms with Gasteiger partial charge in [0.15, 0.2) is 11.4 Å². The smallest absolute Gasteiger partial charge is 0.438 e. The van der Waals surface area contributed by atoms with Crippen molar-refractivity contribution in [2.45, 2.75) is 6.18 Å². The van der Waals surface area contributed by atoms with Crippen LogP contribution in [-0.2, 0) is 6.18 Å². The molecule has 0 bridgehead atoms. The van der Waals surface area contributed by atoms with Crippen LogP contribution in [-0.4, -0.2) is 10.2 Å². The lowest BCUT2D eigenvalue weighted by molar-refractivity contribution is -0.498. The molecule has 1 heterocycles. The summed E-state index contributed by atoms with van der Waals surface area (Å²) in [5, 5.41) is 16.2. The standard InChI is InChI=1S/C10H8F3N3O/c11-10(12,13)9-8(16-17)7(14-15-9)6-4-2-1-3-5-6/h1-5H,16H2,(H,14,15). The van der Waals surface area contributed by atoms with Crippen molar-refractivity contribution < 1.29 is 18.7 Å². The molecule has 1 aromatic heterocycles. The van der Waals surface area contributed by atoms with Crippen LogP contribution in [0.15, 0.2) is 30.3 Å². The molecule has 2 aromatic rings. The van der Waals surface area contributed by atoms with Gasteiger partial charge < -0.3 is 10.7 Å². The van der Waals surface area contributed by atoms with E-state index in [9.17, 15) is 18.4 Å². The van der Waals surface area contributed by atoms with Crippen LogP contribution in [0, 0.1) is 5.21 Å². The van der Waals surface area contributed by atoms with E-state index in [-0.39, 0.29) is 11.2 Å². The van der Waals surface area contributed by atoms with Gasteiger partial charge in [-0.25, -0.2) is 0 Å². The summed E-state index contributed by atoms with van der Waals surface area (Å²) in [7, 11) is 0. The lowest BCUT2D eigenvalue weighted by atomic mass is 10.1. The van der Waals surface area contributed by atoms with Crippen LogP contribution in [0.5, 0.6) is 0 Å². The summed E-state index contributed by atoms with van der Waals surface area (Å²) in [4.78, 5) is 0. The van der Waals surface area contributed by atoms with Crippen LogP contribution in [0.3, 0.4) is 0 Å². The Hall–Kier alpha value is -1.86. The van der Waals surface area contributed by atoms with E-state index in [1.165, 1.54) is 0 Å². The monoisotopic (exact) mass is 243 g/mol. The number of aromatic amines is 1. The van der Waals surface area contributed by atoms with Crippen LogP contribution < -0.4 is 5.48 Å². The Morgan fingerprint density at radius 2 is 1.82 bits per heavy atom. The molecule has 17 heavy (non-hydrogen) atoms. The van der Waals surface area contributed by atoms with Gasteiger partial charge in [0.1, 0.15) is 0 Å². The molecule has 0 aliphatic rings. The molecule has 1 aromatic carbocycles. The van der Waals surface area contributed by atoms with E-state index in [0.717, 1.165) is 0 Å². The average molecular weight is 243 g/mol. The summed E-state index contributed by atoms with van der Waals surface area (Å²) >= 11 is 0. The van der Waals surface area contributed by atoms with Gasteiger partial charge in [0.05, 0.1) is 0 Å². The SMILES string of the molecule is [O-][NH2+]c1c(-c2ccccc2)n[nH]c1C(F)(F)F. The van der Waals surface area contributed by atoms with Gasteiger partial charge in [-0.1, -0.05) is 30.3 Å². The van der Waals surface area contributed by atoms with Crippen molar-refractivity contribution in [2.75, 3.05) is 0 Å². The fraction of sp³-hybridized carbons (Fsp3) is 0.100. The van der Waals surface area contributed by atoms with E-state index in [1.54, 1.807) is 30.3 Å². The van der Waals surface area contributed by atoms with Gasteiger partial charge in [-0.2, -0.15) is 18.3 Å². The summed E-state index contributed by atoms with van der Waals surface area (Å²) in [5.41, 5.74) is -0.960. The number of quaternary nitrogens is 1. The van der Waals surface area contributed by atoms with Gasteiger partial charge in [-0.05, 0) is 0 Å². The largest absolute Gasteiger partial charge is 0.630 e. The molecule has 3 N–H and O–H groups in total. The first kappa shape index (κ1) is 11.6. The van der Waals surface area contributed by atoms with Gasteiger partial charge in [0.2, 0.25) is 5.69 Å². The molecule has 0 saturated carbocycles. The second-order valence-corrected chi connectivity index (χ2v) is 3.34. The molecule has 0 spiro atoms. The molecule has 0 fully saturated rings. The molecule has 0 atom stereocenters. The fourth-order valence-corrected chi connectivity index (χ4v) is 1.50. The number of halogens is 3. The minimum absolute atomic E-state index is 0.00734. The predicted molar refractivity (Wildman–Crippen MR) is 54.0 cm³/mol. The summed E-state index contributed by atoms with van der Waals surface area (Å²) in [6, 6.07) is 8.21. The Kier molecular flexibility index (Phi) is 2.86. The van der Waals surface area contributed by atoms with Crippen LogP contribution in [0.2, 0.25) is 0 Å². The summed E-state index contributed by atoms with van der Waals surface area (Å²) in [6.07, 6.45) is -4.61. The zero-order valence-corrected chi connectivity index (χ0v) is 8.45. The zero-order valence-electron chi connectivity index (χ0n) is 8.45. The molecule has 0 amide bonds. The van der Waals surface area contributed by atoms with E-state index in [0.29, 0.717) is 5.56 Å².